The van der Waals surface area contributed by atoms with Crippen LogP contribution in [0, 0.1) is 0 Å². The zero-order valence-electron chi connectivity index (χ0n) is 20.1. The maximum absolute atomic E-state index is 12.7. The molecule has 218 valence electrons. The molecule has 0 spiro atoms. The van der Waals surface area contributed by atoms with Gasteiger partial charge >= 0.3 is 13.5 Å². The van der Waals surface area contributed by atoms with Crippen LogP contribution in [-0.2, 0) is 23.1 Å². The van der Waals surface area contributed by atoms with E-state index in [0.717, 1.165) is 21.8 Å². The summed E-state index contributed by atoms with van der Waals surface area (Å²) < 4.78 is 35.5. The minimum absolute atomic E-state index is 0.0549. The summed E-state index contributed by atoms with van der Waals surface area (Å²) in [7, 11) is -5.05. The van der Waals surface area contributed by atoms with Gasteiger partial charge in [-0.25, -0.2) is 19.3 Å². The Labute approximate surface area is 221 Å². The molecule has 0 amide bonds. The SMILES string of the molecule is Nc1ncn([C@@H]2O[C@H](CO)[C@H](OP(=O)(O)OC[C@H]3O[C@@H](n4cnc5c(=O)[nH]c(N)nc54)[C@@H](O)[C@H]3O)[C@@H]2O)c(=O)n1. The fourth-order valence-electron chi connectivity index (χ4n) is 4.33. The molecule has 5 heterocycles. The third-order valence-electron chi connectivity index (χ3n) is 6.23. The summed E-state index contributed by atoms with van der Waals surface area (Å²) in [5.41, 5.74) is 9.13. The molecule has 0 radical (unpaired) electrons. The van der Waals surface area contributed by atoms with Gasteiger partial charge < -0.3 is 46.3 Å². The molecule has 40 heavy (non-hydrogen) atoms. The van der Waals surface area contributed by atoms with E-state index in [1.54, 1.807) is 0 Å². The molecule has 0 aromatic carbocycles. The van der Waals surface area contributed by atoms with Gasteiger partial charge in [0.15, 0.2) is 23.6 Å². The van der Waals surface area contributed by atoms with Gasteiger partial charge in [-0.15, -0.1) is 0 Å². The number of aromatic amines is 1. The summed E-state index contributed by atoms with van der Waals surface area (Å²) in [6.07, 6.45) is -10.3. The average molecular weight is 589 g/mol. The van der Waals surface area contributed by atoms with Crippen LogP contribution in [0.15, 0.2) is 22.2 Å². The third kappa shape index (κ3) is 5.10. The number of phosphoric ester groups is 1. The topological polar surface area (TPSA) is 319 Å². The van der Waals surface area contributed by atoms with Crippen LogP contribution in [0.5, 0.6) is 0 Å². The Balaban J connectivity index is 1.27. The number of aliphatic hydroxyl groups is 4. The molecule has 1 unspecified atom stereocenters. The number of fused-ring (bicyclic) bond motifs is 1. The number of nitrogens with two attached hydrogens (primary N) is 2. The Bertz CT molecular complexity index is 1560. The van der Waals surface area contributed by atoms with E-state index in [1.807, 2.05) is 0 Å². The molecule has 0 aliphatic carbocycles. The molecule has 0 saturated carbocycles. The van der Waals surface area contributed by atoms with Gasteiger partial charge in [-0.3, -0.25) is 28.0 Å². The van der Waals surface area contributed by atoms with Crippen molar-refractivity contribution in [3.8, 4) is 0 Å². The minimum Gasteiger partial charge on any atom is -0.394 e. The first-order chi connectivity index (χ1) is 18.9. The number of aromatic nitrogens is 7. The first kappa shape index (κ1) is 28.2. The van der Waals surface area contributed by atoms with Crippen LogP contribution in [0.1, 0.15) is 12.5 Å². The first-order valence-electron chi connectivity index (χ1n) is 11.4. The third-order valence-corrected chi connectivity index (χ3v) is 7.21. The maximum Gasteiger partial charge on any atom is 0.472 e. The quantitative estimate of drug-likeness (QED) is 0.114. The van der Waals surface area contributed by atoms with Crippen LogP contribution in [0.3, 0.4) is 0 Å². The van der Waals surface area contributed by atoms with Crippen molar-refractivity contribution >= 4 is 30.9 Å². The lowest BCUT2D eigenvalue weighted by atomic mass is 10.1. The van der Waals surface area contributed by atoms with Crippen LogP contribution >= 0.6 is 7.82 Å². The largest absolute Gasteiger partial charge is 0.472 e. The predicted molar refractivity (Wildman–Crippen MR) is 127 cm³/mol. The van der Waals surface area contributed by atoms with E-state index >= 15 is 0 Å². The number of nitrogen functional groups attached to an aromatic ring is 2. The Morgan fingerprint density at radius 3 is 2.38 bits per heavy atom. The molecule has 2 aliphatic heterocycles. The number of imidazole rings is 1. The lowest BCUT2D eigenvalue weighted by Crippen LogP contribution is -2.38. The highest BCUT2D eigenvalue weighted by Gasteiger charge is 2.50. The average Bonchev–Trinajstić information content (AvgIpc) is 3.53. The van der Waals surface area contributed by atoms with E-state index < -0.39 is 81.4 Å². The first-order valence-corrected chi connectivity index (χ1v) is 12.9. The highest BCUT2D eigenvalue weighted by Crippen LogP contribution is 2.49. The van der Waals surface area contributed by atoms with E-state index in [2.05, 4.69) is 24.9 Å². The second-order valence-electron chi connectivity index (χ2n) is 8.80. The summed E-state index contributed by atoms with van der Waals surface area (Å²) in [5, 5.41) is 41.3. The number of rotatable bonds is 8. The molecule has 9 atom stereocenters. The molecule has 3 aromatic heterocycles. The fourth-order valence-corrected chi connectivity index (χ4v) is 5.30. The zero-order chi connectivity index (χ0) is 28.9. The number of nitrogens with zero attached hydrogens (tertiary/aromatic N) is 6. The van der Waals surface area contributed by atoms with E-state index in [0.29, 0.717) is 0 Å². The Morgan fingerprint density at radius 1 is 1.00 bits per heavy atom. The Hall–Kier alpha value is -3.37. The lowest BCUT2D eigenvalue weighted by Gasteiger charge is -2.23. The predicted octanol–water partition coefficient (Wildman–Crippen LogP) is -4.69. The number of ether oxygens (including phenoxy) is 2. The van der Waals surface area contributed by atoms with Gasteiger partial charge in [0.1, 0.15) is 43.0 Å². The second kappa shape index (κ2) is 10.6. The van der Waals surface area contributed by atoms with Crippen molar-refractivity contribution in [2.45, 2.75) is 49.1 Å². The maximum atomic E-state index is 12.7. The van der Waals surface area contributed by atoms with Crippen LogP contribution in [0.2, 0.25) is 0 Å². The normalized spacial score (nSPS) is 32.0. The number of H-pyrrole nitrogens is 1. The van der Waals surface area contributed by atoms with Gasteiger partial charge in [-0.2, -0.15) is 9.97 Å². The molecule has 3 aromatic rings. The zero-order valence-corrected chi connectivity index (χ0v) is 21.0. The van der Waals surface area contributed by atoms with E-state index in [1.165, 1.54) is 0 Å². The molecular weight excluding hydrogens is 565 g/mol. The van der Waals surface area contributed by atoms with Gasteiger partial charge in [0.25, 0.3) is 5.56 Å². The number of hydrogen-bond acceptors (Lipinski definition) is 17. The minimum atomic E-state index is -5.05. The fraction of sp³-hybridized carbons (Fsp3) is 0.556. The number of hydrogen-bond donors (Lipinski definition) is 8. The van der Waals surface area contributed by atoms with Gasteiger partial charge in [-0.1, -0.05) is 0 Å². The van der Waals surface area contributed by atoms with Crippen LogP contribution < -0.4 is 22.7 Å². The Kier molecular flexibility index (Phi) is 7.43. The molecule has 2 aliphatic rings. The highest BCUT2D eigenvalue weighted by atomic mass is 31.2. The molecule has 5 rings (SSSR count). The van der Waals surface area contributed by atoms with Gasteiger partial charge in [0.05, 0.1) is 19.5 Å². The van der Waals surface area contributed by atoms with Crippen molar-refractivity contribution in [1.29, 1.82) is 0 Å². The molecule has 2 saturated heterocycles. The van der Waals surface area contributed by atoms with Gasteiger partial charge in [0.2, 0.25) is 11.9 Å². The number of aliphatic hydroxyl groups excluding tert-OH is 4. The number of nitrogens with one attached hydrogen (secondary N) is 1. The van der Waals surface area contributed by atoms with E-state index in [9.17, 15) is 39.5 Å². The Morgan fingerprint density at radius 2 is 1.68 bits per heavy atom. The summed E-state index contributed by atoms with van der Waals surface area (Å²) in [6.45, 7) is -1.59. The molecule has 22 heteroatoms. The smallest absolute Gasteiger partial charge is 0.394 e. The molecular formula is C18H24N9O12P. The molecule has 2 fully saturated rings. The molecule has 10 N–H and O–H groups in total. The van der Waals surface area contributed by atoms with Crippen LogP contribution in [0.4, 0.5) is 11.9 Å². The van der Waals surface area contributed by atoms with Crippen LogP contribution in [0.25, 0.3) is 11.2 Å². The summed E-state index contributed by atoms with van der Waals surface area (Å²) in [4.78, 5) is 51.5. The van der Waals surface area contributed by atoms with Gasteiger partial charge in [0, 0.05) is 0 Å². The number of phosphoric acid groups is 1. The molecule has 0 bridgehead atoms. The lowest BCUT2D eigenvalue weighted by molar-refractivity contribution is -0.0596. The van der Waals surface area contributed by atoms with Crippen molar-refractivity contribution in [3.63, 3.8) is 0 Å². The van der Waals surface area contributed by atoms with Crippen molar-refractivity contribution in [1.82, 2.24) is 34.1 Å². The summed E-state index contributed by atoms with van der Waals surface area (Å²) in [5.74, 6) is -0.576. The summed E-state index contributed by atoms with van der Waals surface area (Å²) in [6, 6.07) is 0. The standard InChI is InChI=1S/C18H24N9O12P/c19-16-22-4-27(18(33)25-16)15-10(31)11(5(1-28)37-15)39-40(34,35)36-2-6-8(29)9(30)14(38-6)26-3-21-7-12(26)23-17(20)24-13(7)32/h3-6,8-11,14-15,28-31H,1-2H2,(H,34,35)(H2,19,25,33)(H3,20,23,24,32)/t5-,6-,8+,9+,10+,11+,14-,15-/m1/s1. The number of anilines is 2. The van der Waals surface area contributed by atoms with E-state index in [-0.39, 0.29) is 23.1 Å². The van der Waals surface area contributed by atoms with Crippen molar-refractivity contribution in [3.05, 3.63) is 33.5 Å². The van der Waals surface area contributed by atoms with Crippen molar-refractivity contribution < 1.29 is 48.4 Å². The van der Waals surface area contributed by atoms with Crippen LogP contribution in [-0.4, -0.2) is 109 Å². The van der Waals surface area contributed by atoms with E-state index in [4.69, 9.17) is 30.0 Å². The monoisotopic (exact) mass is 589 g/mol. The van der Waals surface area contributed by atoms with Crippen molar-refractivity contribution in [2.24, 2.45) is 0 Å². The molecule has 21 nitrogen and oxygen atoms in total. The van der Waals surface area contributed by atoms with Crippen molar-refractivity contribution in [2.75, 3.05) is 24.7 Å². The highest BCUT2D eigenvalue weighted by molar-refractivity contribution is 7.47. The summed E-state index contributed by atoms with van der Waals surface area (Å²) >= 11 is 0. The van der Waals surface area contributed by atoms with Gasteiger partial charge in [-0.05, 0) is 0 Å². The second-order valence-corrected chi connectivity index (χ2v) is 10.2.